The molecule has 0 amide bonds. The standard InChI is InChI=1S/C17H15ClN2O2/c1-12-16(13-8-10-15(18)11-9-13)20(22)17(2,19(12)21)14-6-4-3-5-7-14/h3-11H,1-2H3/t17-/m1/s1. The van der Waals surface area contributed by atoms with Gasteiger partial charge in [0.05, 0.1) is 16.0 Å². The van der Waals surface area contributed by atoms with Gasteiger partial charge in [0, 0.05) is 22.4 Å². The van der Waals surface area contributed by atoms with Gasteiger partial charge < -0.3 is 10.3 Å². The fourth-order valence-electron chi connectivity index (χ4n) is 2.79. The van der Waals surface area contributed by atoms with Crippen LogP contribution in [0.1, 0.15) is 25.0 Å². The van der Waals surface area contributed by atoms with E-state index < -0.39 is 5.66 Å². The summed E-state index contributed by atoms with van der Waals surface area (Å²) >= 11 is 5.89. The fraction of sp³-hybridized carbons (Fsp3) is 0.176. The summed E-state index contributed by atoms with van der Waals surface area (Å²) in [4.78, 5) is 12.9. The molecule has 22 heavy (non-hydrogen) atoms. The lowest BCUT2D eigenvalue weighted by molar-refractivity contribution is -0.565. The zero-order valence-electron chi connectivity index (χ0n) is 12.3. The van der Waals surface area contributed by atoms with Crippen molar-refractivity contribution < 1.29 is 4.76 Å². The summed E-state index contributed by atoms with van der Waals surface area (Å²) in [6.45, 7) is 3.30. The molecule has 1 atom stereocenters. The third-order valence-corrected chi connectivity index (χ3v) is 4.33. The van der Waals surface area contributed by atoms with Gasteiger partial charge >= 0.3 is 5.66 Å². The number of hydroxylamine groups is 2. The molecule has 0 saturated heterocycles. The van der Waals surface area contributed by atoms with Crippen molar-refractivity contribution >= 4 is 17.3 Å². The first-order valence-corrected chi connectivity index (χ1v) is 7.31. The van der Waals surface area contributed by atoms with Crippen molar-refractivity contribution in [3.05, 3.63) is 86.6 Å². The molecule has 0 unspecified atom stereocenters. The molecule has 112 valence electrons. The number of allylic oxidation sites excluding steroid dienone is 1. The Balaban J connectivity index is 2.11. The van der Waals surface area contributed by atoms with E-state index in [1.165, 1.54) is 0 Å². The average Bonchev–Trinajstić information content (AvgIpc) is 2.71. The van der Waals surface area contributed by atoms with Gasteiger partial charge in [-0.3, -0.25) is 0 Å². The molecule has 0 radical (unpaired) electrons. The van der Waals surface area contributed by atoms with Crippen LogP contribution in [0, 0.1) is 10.1 Å². The molecule has 1 aliphatic rings. The second-order valence-corrected chi connectivity index (χ2v) is 5.85. The highest BCUT2D eigenvalue weighted by Gasteiger charge is 2.54. The van der Waals surface area contributed by atoms with Crippen LogP contribution in [-0.2, 0) is 5.66 Å². The molecule has 0 bridgehead atoms. The van der Waals surface area contributed by atoms with Crippen LogP contribution in [0.5, 0.6) is 0 Å². The first kappa shape index (κ1) is 14.8. The molecule has 1 heterocycles. The normalized spacial score (nSPS) is 21.6. The summed E-state index contributed by atoms with van der Waals surface area (Å²) in [5.74, 6) is 0. The van der Waals surface area contributed by atoms with Gasteiger partial charge in [0.15, 0.2) is 0 Å². The molecule has 1 aliphatic heterocycles. The molecular weight excluding hydrogens is 300 g/mol. The van der Waals surface area contributed by atoms with Gasteiger partial charge in [0.1, 0.15) is 0 Å². The number of halogens is 1. The van der Waals surface area contributed by atoms with Crippen LogP contribution in [0.4, 0.5) is 0 Å². The molecular formula is C17H15ClN2O2. The Morgan fingerprint density at radius 1 is 1.09 bits per heavy atom. The first-order chi connectivity index (χ1) is 10.5. The molecule has 0 N–H and O–H groups in total. The van der Waals surface area contributed by atoms with Crippen molar-refractivity contribution in [2.45, 2.75) is 19.5 Å². The third-order valence-electron chi connectivity index (χ3n) is 4.08. The van der Waals surface area contributed by atoms with Gasteiger partial charge in [-0.15, -0.1) is 0 Å². The van der Waals surface area contributed by atoms with Crippen LogP contribution in [-0.4, -0.2) is 9.82 Å². The Morgan fingerprint density at radius 2 is 1.68 bits per heavy atom. The molecule has 4 nitrogen and oxygen atoms in total. The summed E-state index contributed by atoms with van der Waals surface area (Å²) in [5, 5.41) is 14.0. The minimum Gasteiger partial charge on any atom is -0.753 e. The van der Waals surface area contributed by atoms with E-state index >= 15 is 0 Å². The Kier molecular flexibility index (Phi) is 3.51. The molecule has 0 aliphatic carbocycles. The molecule has 0 spiro atoms. The SMILES string of the molecule is CC1=C(c2ccc(Cl)cc2)[N+](=O)[C@](C)(c2ccccc2)N1[O-]. The number of nitrogens with zero attached hydrogens (tertiary/aromatic N) is 2. The summed E-state index contributed by atoms with van der Waals surface area (Å²) in [7, 11) is 0. The monoisotopic (exact) mass is 314 g/mol. The van der Waals surface area contributed by atoms with Crippen molar-refractivity contribution in [2.75, 3.05) is 0 Å². The maximum absolute atomic E-state index is 12.9. The van der Waals surface area contributed by atoms with Crippen molar-refractivity contribution in [1.82, 2.24) is 5.06 Å². The van der Waals surface area contributed by atoms with E-state index in [9.17, 15) is 10.1 Å². The van der Waals surface area contributed by atoms with Crippen LogP contribution in [0.15, 0.2) is 60.3 Å². The van der Waals surface area contributed by atoms with Gasteiger partial charge in [-0.2, -0.15) is 0 Å². The highest BCUT2D eigenvalue weighted by Crippen LogP contribution is 2.43. The Labute approximate surface area is 133 Å². The number of benzene rings is 2. The van der Waals surface area contributed by atoms with Gasteiger partial charge in [0.2, 0.25) is 0 Å². The average molecular weight is 315 g/mol. The Hall–Kier alpha value is -2.17. The number of nitroso groups, excluding NO2 is 1. The van der Waals surface area contributed by atoms with Crippen molar-refractivity contribution in [3.63, 3.8) is 0 Å². The van der Waals surface area contributed by atoms with Gasteiger partial charge in [-0.25, -0.2) is 0 Å². The van der Waals surface area contributed by atoms with E-state index in [1.807, 2.05) is 18.2 Å². The minimum absolute atomic E-state index is 0.373. The number of hydrogen-bond acceptors (Lipinski definition) is 3. The lowest BCUT2D eigenvalue weighted by Gasteiger charge is -2.35. The van der Waals surface area contributed by atoms with E-state index in [2.05, 4.69) is 0 Å². The summed E-state index contributed by atoms with van der Waals surface area (Å²) < 4.78 is 0.786. The maximum Gasteiger partial charge on any atom is 0.306 e. The molecule has 0 aromatic heterocycles. The smallest absolute Gasteiger partial charge is 0.306 e. The van der Waals surface area contributed by atoms with Crippen molar-refractivity contribution in [2.24, 2.45) is 0 Å². The molecule has 0 saturated carbocycles. The van der Waals surface area contributed by atoms with Gasteiger partial charge in [-0.05, 0) is 43.3 Å². The lowest BCUT2D eigenvalue weighted by Crippen LogP contribution is -2.41. The largest absolute Gasteiger partial charge is 0.753 e. The van der Waals surface area contributed by atoms with Crippen LogP contribution in [0.25, 0.3) is 5.70 Å². The third kappa shape index (κ3) is 2.03. The van der Waals surface area contributed by atoms with Gasteiger partial charge in [0.25, 0.3) is 5.70 Å². The fourth-order valence-corrected chi connectivity index (χ4v) is 2.92. The van der Waals surface area contributed by atoms with Crippen LogP contribution in [0.3, 0.4) is 0 Å². The second-order valence-electron chi connectivity index (χ2n) is 5.42. The molecule has 2 aromatic rings. The minimum atomic E-state index is -1.31. The highest BCUT2D eigenvalue weighted by atomic mass is 35.5. The topological polar surface area (TPSA) is 46.4 Å². The first-order valence-electron chi connectivity index (χ1n) is 6.93. The predicted molar refractivity (Wildman–Crippen MR) is 86.7 cm³/mol. The quantitative estimate of drug-likeness (QED) is 0.767. The zero-order chi connectivity index (χ0) is 15.9. The summed E-state index contributed by atoms with van der Waals surface area (Å²) in [5.41, 5.74) is 0.794. The van der Waals surface area contributed by atoms with Crippen molar-refractivity contribution in [3.8, 4) is 0 Å². The number of rotatable bonds is 2. The molecule has 5 heteroatoms. The van der Waals surface area contributed by atoms with Gasteiger partial charge in [-0.1, -0.05) is 29.8 Å². The molecule has 2 aromatic carbocycles. The van der Waals surface area contributed by atoms with Crippen molar-refractivity contribution in [1.29, 1.82) is 0 Å². The predicted octanol–water partition coefficient (Wildman–Crippen LogP) is 4.49. The maximum atomic E-state index is 12.9. The van der Waals surface area contributed by atoms with Crippen LogP contribution in [0.2, 0.25) is 5.02 Å². The molecule has 3 rings (SSSR count). The summed E-state index contributed by atoms with van der Waals surface area (Å²) in [6.07, 6.45) is 0. The Bertz CT molecular complexity index is 756. The van der Waals surface area contributed by atoms with E-state index in [0.29, 0.717) is 27.5 Å². The van der Waals surface area contributed by atoms with E-state index in [1.54, 1.807) is 50.2 Å². The summed E-state index contributed by atoms with van der Waals surface area (Å²) in [6, 6.07) is 16.0. The van der Waals surface area contributed by atoms with E-state index in [-0.39, 0.29) is 0 Å². The molecule has 0 fully saturated rings. The zero-order valence-corrected chi connectivity index (χ0v) is 13.0. The number of hydrogen-bond donors (Lipinski definition) is 0. The van der Waals surface area contributed by atoms with Crippen LogP contribution >= 0.6 is 11.6 Å². The Morgan fingerprint density at radius 3 is 2.27 bits per heavy atom. The highest BCUT2D eigenvalue weighted by molar-refractivity contribution is 6.30. The lowest BCUT2D eigenvalue weighted by atomic mass is 10.0. The van der Waals surface area contributed by atoms with E-state index in [4.69, 9.17) is 11.6 Å². The van der Waals surface area contributed by atoms with Crippen LogP contribution < -0.4 is 0 Å². The van der Waals surface area contributed by atoms with E-state index in [0.717, 1.165) is 9.82 Å². The second kappa shape index (κ2) is 5.23.